The average molecular weight is 255 g/mol. The highest BCUT2D eigenvalue weighted by Crippen LogP contribution is 2.21. The summed E-state index contributed by atoms with van der Waals surface area (Å²) >= 11 is 5.71. The second-order valence-corrected chi connectivity index (χ2v) is 6.02. The third kappa shape index (κ3) is 4.95. The van der Waals surface area contributed by atoms with Gasteiger partial charge in [0.05, 0.1) is 0 Å². The van der Waals surface area contributed by atoms with Crippen molar-refractivity contribution in [2.24, 2.45) is 5.92 Å². The number of anilines is 1. The Kier molecular flexibility index (Phi) is 5.26. The van der Waals surface area contributed by atoms with Gasteiger partial charge < -0.3 is 5.32 Å². The van der Waals surface area contributed by atoms with Crippen molar-refractivity contribution in [3.63, 3.8) is 0 Å². The summed E-state index contributed by atoms with van der Waals surface area (Å²) in [5.74, 6) is 2.25. The predicted octanol–water partition coefficient (Wildman–Crippen LogP) is 4.06. The van der Waals surface area contributed by atoms with E-state index in [2.05, 4.69) is 44.1 Å². The first kappa shape index (κ1) is 14.3. The van der Waals surface area contributed by atoms with E-state index >= 15 is 0 Å². The smallest absolute Gasteiger partial charge is 0.125 e. The summed E-state index contributed by atoms with van der Waals surface area (Å²) in [4.78, 5) is 4.43. The number of nitrogens with one attached hydrogen (secondary N) is 1. The molecule has 0 radical (unpaired) electrons. The van der Waals surface area contributed by atoms with E-state index in [0.29, 0.717) is 5.92 Å². The Bertz CT molecular complexity index is 327. The highest BCUT2D eigenvalue weighted by Gasteiger charge is 2.13. The molecule has 0 bridgehead atoms. The Morgan fingerprint density at radius 3 is 2.53 bits per heavy atom. The first-order chi connectivity index (χ1) is 7.93. The zero-order valence-corrected chi connectivity index (χ0v) is 12.0. The van der Waals surface area contributed by atoms with Crippen LogP contribution in [-0.2, 0) is 5.41 Å². The highest BCUT2D eigenvalue weighted by molar-refractivity contribution is 6.17. The van der Waals surface area contributed by atoms with Crippen LogP contribution in [0.15, 0.2) is 18.3 Å². The van der Waals surface area contributed by atoms with Crippen molar-refractivity contribution >= 4 is 17.4 Å². The Balaban J connectivity index is 2.51. The van der Waals surface area contributed by atoms with Crippen molar-refractivity contribution < 1.29 is 0 Å². The summed E-state index contributed by atoms with van der Waals surface area (Å²) in [5, 5.41) is 3.34. The normalized spacial score (nSPS) is 13.5. The lowest BCUT2D eigenvalue weighted by Gasteiger charge is -2.19. The molecular weight excluding hydrogens is 232 g/mol. The van der Waals surface area contributed by atoms with Crippen LogP contribution in [0.3, 0.4) is 0 Å². The van der Waals surface area contributed by atoms with Crippen LogP contribution in [0.1, 0.15) is 39.7 Å². The third-order valence-electron chi connectivity index (χ3n) is 2.86. The van der Waals surface area contributed by atoms with E-state index < -0.39 is 0 Å². The summed E-state index contributed by atoms with van der Waals surface area (Å²) in [7, 11) is 0. The van der Waals surface area contributed by atoms with E-state index in [-0.39, 0.29) is 5.41 Å². The number of hydrogen-bond donors (Lipinski definition) is 1. The lowest BCUT2D eigenvalue weighted by molar-refractivity contribution is 0.585. The van der Waals surface area contributed by atoms with Crippen molar-refractivity contribution in [2.75, 3.05) is 17.7 Å². The van der Waals surface area contributed by atoms with Crippen LogP contribution < -0.4 is 5.32 Å². The fraction of sp³-hybridized carbons (Fsp3) is 0.643. The van der Waals surface area contributed by atoms with Crippen molar-refractivity contribution in [3.8, 4) is 0 Å². The summed E-state index contributed by atoms with van der Waals surface area (Å²) in [5.41, 5.74) is 1.43. The largest absolute Gasteiger partial charge is 0.370 e. The van der Waals surface area contributed by atoms with E-state index in [1.165, 1.54) is 5.56 Å². The fourth-order valence-electron chi connectivity index (χ4n) is 1.51. The van der Waals surface area contributed by atoms with Gasteiger partial charge in [-0.25, -0.2) is 4.98 Å². The van der Waals surface area contributed by atoms with E-state index in [0.717, 1.165) is 24.7 Å². The maximum Gasteiger partial charge on any atom is 0.125 e. The van der Waals surface area contributed by atoms with Gasteiger partial charge in [0.25, 0.3) is 0 Å². The molecule has 0 amide bonds. The molecule has 0 aliphatic carbocycles. The predicted molar refractivity (Wildman–Crippen MR) is 75.9 cm³/mol. The van der Waals surface area contributed by atoms with Crippen molar-refractivity contribution in [1.82, 2.24) is 4.98 Å². The number of alkyl halides is 1. The zero-order valence-electron chi connectivity index (χ0n) is 11.3. The van der Waals surface area contributed by atoms with Crippen molar-refractivity contribution in [2.45, 2.75) is 39.5 Å². The van der Waals surface area contributed by atoms with Gasteiger partial charge in [-0.1, -0.05) is 33.8 Å². The maximum atomic E-state index is 5.71. The Hall–Kier alpha value is -0.760. The van der Waals surface area contributed by atoms with Gasteiger partial charge in [-0.15, -0.1) is 11.6 Å². The minimum atomic E-state index is 0.164. The topological polar surface area (TPSA) is 24.9 Å². The first-order valence-electron chi connectivity index (χ1n) is 6.20. The van der Waals surface area contributed by atoms with Crippen LogP contribution in [0.4, 0.5) is 5.82 Å². The molecule has 3 heteroatoms. The first-order valence-corrected chi connectivity index (χ1v) is 6.73. The molecule has 1 aromatic rings. The minimum absolute atomic E-state index is 0.164. The number of hydrogen-bond acceptors (Lipinski definition) is 2. The number of nitrogens with zero attached hydrogens (tertiary/aromatic N) is 1. The number of aromatic nitrogens is 1. The highest BCUT2D eigenvalue weighted by atomic mass is 35.5. The molecule has 0 aliphatic heterocycles. The second kappa shape index (κ2) is 6.25. The number of rotatable bonds is 5. The summed E-state index contributed by atoms with van der Waals surface area (Å²) in [6, 6.07) is 4.19. The molecule has 17 heavy (non-hydrogen) atoms. The van der Waals surface area contributed by atoms with Gasteiger partial charge in [-0.2, -0.15) is 0 Å². The Labute approximate surface area is 110 Å². The average Bonchev–Trinajstić information content (AvgIpc) is 2.26. The molecule has 0 saturated carbocycles. The molecule has 0 saturated heterocycles. The molecule has 0 aliphatic rings. The molecule has 1 aromatic heterocycles. The molecule has 2 nitrogen and oxygen atoms in total. The Morgan fingerprint density at radius 1 is 1.35 bits per heavy atom. The van der Waals surface area contributed by atoms with Crippen molar-refractivity contribution in [1.29, 1.82) is 0 Å². The quantitative estimate of drug-likeness (QED) is 0.802. The summed E-state index contributed by atoms with van der Waals surface area (Å²) in [6.07, 6.45) is 2.99. The molecule has 1 heterocycles. The van der Waals surface area contributed by atoms with Gasteiger partial charge in [-0.05, 0) is 29.4 Å². The zero-order chi connectivity index (χ0) is 12.9. The lowest BCUT2D eigenvalue weighted by atomic mass is 9.88. The van der Waals surface area contributed by atoms with Crippen LogP contribution in [-0.4, -0.2) is 17.4 Å². The van der Waals surface area contributed by atoms with E-state index in [1.54, 1.807) is 0 Å². The van der Waals surface area contributed by atoms with Crippen LogP contribution in [0.25, 0.3) is 0 Å². The molecule has 1 atom stereocenters. The standard InChI is InChI=1S/C14H23ClN2/c1-11(7-8-15)9-16-13-6-5-12(10-17-13)14(2,3)4/h5-6,10-11H,7-9H2,1-4H3,(H,16,17). The molecule has 96 valence electrons. The fourth-order valence-corrected chi connectivity index (χ4v) is 1.88. The van der Waals surface area contributed by atoms with Crippen LogP contribution in [0, 0.1) is 5.92 Å². The Morgan fingerprint density at radius 2 is 2.06 bits per heavy atom. The van der Waals surface area contributed by atoms with Gasteiger partial charge >= 0.3 is 0 Å². The van der Waals surface area contributed by atoms with Crippen LogP contribution in [0.2, 0.25) is 0 Å². The maximum absolute atomic E-state index is 5.71. The lowest BCUT2D eigenvalue weighted by Crippen LogP contribution is -2.14. The van der Waals surface area contributed by atoms with Gasteiger partial charge in [0.15, 0.2) is 0 Å². The molecule has 0 aromatic carbocycles. The van der Waals surface area contributed by atoms with Gasteiger partial charge in [0, 0.05) is 18.6 Å². The molecule has 0 spiro atoms. The van der Waals surface area contributed by atoms with Crippen LogP contribution in [0.5, 0.6) is 0 Å². The van der Waals surface area contributed by atoms with E-state index in [4.69, 9.17) is 11.6 Å². The third-order valence-corrected chi connectivity index (χ3v) is 3.08. The van der Waals surface area contributed by atoms with Gasteiger partial charge in [-0.3, -0.25) is 0 Å². The summed E-state index contributed by atoms with van der Waals surface area (Å²) in [6.45, 7) is 9.70. The SMILES string of the molecule is CC(CCCl)CNc1ccc(C(C)(C)C)cn1. The van der Waals surface area contributed by atoms with E-state index in [9.17, 15) is 0 Å². The number of pyridine rings is 1. The molecule has 1 rings (SSSR count). The summed E-state index contributed by atoms with van der Waals surface area (Å²) < 4.78 is 0. The molecule has 1 N–H and O–H groups in total. The van der Waals surface area contributed by atoms with E-state index in [1.807, 2.05) is 12.3 Å². The minimum Gasteiger partial charge on any atom is -0.370 e. The number of halogens is 1. The monoisotopic (exact) mass is 254 g/mol. The van der Waals surface area contributed by atoms with Crippen LogP contribution >= 0.6 is 11.6 Å². The van der Waals surface area contributed by atoms with Gasteiger partial charge in [0.1, 0.15) is 5.82 Å². The molecular formula is C14H23ClN2. The molecule has 1 unspecified atom stereocenters. The van der Waals surface area contributed by atoms with Gasteiger partial charge in [0.2, 0.25) is 0 Å². The second-order valence-electron chi connectivity index (χ2n) is 5.65. The molecule has 0 fully saturated rings. The van der Waals surface area contributed by atoms with Crippen molar-refractivity contribution in [3.05, 3.63) is 23.9 Å².